The highest BCUT2D eigenvalue weighted by molar-refractivity contribution is 6.33. The van der Waals surface area contributed by atoms with Gasteiger partial charge in [0.1, 0.15) is 0 Å². The highest BCUT2D eigenvalue weighted by Crippen LogP contribution is 2.31. The number of halogens is 2. The molecule has 1 aromatic carbocycles. The predicted octanol–water partition coefficient (Wildman–Crippen LogP) is 4.13. The zero-order chi connectivity index (χ0) is 13.8. The van der Waals surface area contributed by atoms with Crippen LogP contribution in [0.25, 0.3) is 0 Å². The van der Waals surface area contributed by atoms with Gasteiger partial charge in [-0.1, -0.05) is 30.1 Å². The lowest BCUT2D eigenvalue weighted by Gasteiger charge is -2.38. The Kier molecular flexibility index (Phi) is 5.52. The molecule has 1 fully saturated rings. The van der Waals surface area contributed by atoms with Crippen molar-refractivity contribution >= 4 is 23.2 Å². The van der Waals surface area contributed by atoms with Crippen molar-refractivity contribution in [2.24, 2.45) is 0 Å². The second-order valence-corrected chi connectivity index (χ2v) is 6.02. The first-order valence-corrected chi connectivity index (χ1v) is 7.80. The molecule has 0 radical (unpaired) electrons. The molecule has 0 saturated carbocycles. The highest BCUT2D eigenvalue weighted by atomic mass is 35.5. The van der Waals surface area contributed by atoms with E-state index in [4.69, 9.17) is 23.2 Å². The summed E-state index contributed by atoms with van der Waals surface area (Å²) in [5, 5.41) is 5.04. The fraction of sp³-hybridized carbons (Fsp3) is 0.600. The molecule has 1 aromatic rings. The van der Waals surface area contributed by atoms with Crippen LogP contribution in [-0.2, 0) is 0 Å². The molecule has 1 aliphatic heterocycles. The van der Waals surface area contributed by atoms with Crippen molar-refractivity contribution in [1.82, 2.24) is 10.2 Å². The van der Waals surface area contributed by atoms with Gasteiger partial charge >= 0.3 is 0 Å². The van der Waals surface area contributed by atoms with Crippen LogP contribution in [0.1, 0.15) is 38.3 Å². The second-order valence-electron chi connectivity index (χ2n) is 5.17. The molecule has 1 heterocycles. The zero-order valence-electron chi connectivity index (χ0n) is 11.6. The summed E-state index contributed by atoms with van der Waals surface area (Å²) >= 11 is 12.4. The van der Waals surface area contributed by atoms with Gasteiger partial charge in [0.15, 0.2) is 0 Å². The summed E-state index contributed by atoms with van der Waals surface area (Å²) in [4.78, 5) is 2.52. The molecule has 19 heavy (non-hydrogen) atoms. The Hall–Kier alpha value is -0.280. The lowest BCUT2D eigenvalue weighted by Crippen LogP contribution is -2.46. The minimum Gasteiger partial charge on any atom is -0.315 e. The van der Waals surface area contributed by atoms with Gasteiger partial charge in [0.25, 0.3) is 0 Å². The highest BCUT2D eigenvalue weighted by Gasteiger charge is 2.25. The van der Waals surface area contributed by atoms with Crippen molar-refractivity contribution < 1.29 is 0 Å². The maximum Gasteiger partial charge on any atom is 0.0454 e. The van der Waals surface area contributed by atoms with Crippen molar-refractivity contribution in [2.75, 3.05) is 19.6 Å². The number of piperidine rings is 1. The van der Waals surface area contributed by atoms with E-state index in [2.05, 4.69) is 24.1 Å². The molecule has 106 valence electrons. The summed E-state index contributed by atoms with van der Waals surface area (Å²) in [5.74, 6) is 0. The standard InChI is InChI=1S/C15H22Cl2N2/c1-3-19(13-5-4-8-18-10-13)11(2)14-9-12(16)6-7-15(14)17/h6-7,9,11,13,18H,3-5,8,10H2,1-2H3. The fourth-order valence-electron chi connectivity index (χ4n) is 2.98. The maximum absolute atomic E-state index is 6.33. The van der Waals surface area contributed by atoms with Crippen LogP contribution in [0, 0.1) is 0 Å². The van der Waals surface area contributed by atoms with Crippen molar-refractivity contribution in [2.45, 2.75) is 38.8 Å². The van der Waals surface area contributed by atoms with Crippen LogP contribution < -0.4 is 5.32 Å². The van der Waals surface area contributed by atoms with Gasteiger partial charge in [-0.2, -0.15) is 0 Å². The smallest absolute Gasteiger partial charge is 0.0454 e. The quantitative estimate of drug-likeness (QED) is 0.899. The first-order valence-electron chi connectivity index (χ1n) is 7.05. The first-order chi connectivity index (χ1) is 9.13. The topological polar surface area (TPSA) is 15.3 Å². The van der Waals surface area contributed by atoms with Gasteiger partial charge in [0, 0.05) is 28.7 Å². The summed E-state index contributed by atoms with van der Waals surface area (Å²) in [6, 6.07) is 6.61. The minimum atomic E-state index is 0.293. The average Bonchev–Trinajstić information content (AvgIpc) is 2.43. The molecule has 1 saturated heterocycles. The van der Waals surface area contributed by atoms with E-state index in [9.17, 15) is 0 Å². The Balaban J connectivity index is 2.19. The number of nitrogens with zero attached hydrogens (tertiary/aromatic N) is 1. The maximum atomic E-state index is 6.33. The summed E-state index contributed by atoms with van der Waals surface area (Å²) in [6.07, 6.45) is 2.50. The van der Waals surface area contributed by atoms with Crippen LogP contribution in [-0.4, -0.2) is 30.6 Å². The molecule has 2 rings (SSSR count). The van der Waals surface area contributed by atoms with Gasteiger partial charge < -0.3 is 5.32 Å². The van der Waals surface area contributed by atoms with Crippen molar-refractivity contribution in [1.29, 1.82) is 0 Å². The Labute approximate surface area is 126 Å². The normalized spacial score (nSPS) is 21.6. The molecule has 2 nitrogen and oxygen atoms in total. The van der Waals surface area contributed by atoms with Gasteiger partial charge in [-0.3, -0.25) is 4.90 Å². The summed E-state index contributed by atoms with van der Waals surface area (Å²) < 4.78 is 0. The van der Waals surface area contributed by atoms with E-state index in [1.165, 1.54) is 12.8 Å². The van der Waals surface area contributed by atoms with Crippen LogP contribution in [0.4, 0.5) is 0 Å². The van der Waals surface area contributed by atoms with Crippen LogP contribution >= 0.6 is 23.2 Å². The van der Waals surface area contributed by atoms with Gasteiger partial charge in [0.05, 0.1) is 0 Å². The third kappa shape index (κ3) is 3.63. The Morgan fingerprint density at radius 2 is 2.21 bits per heavy atom. The Bertz CT molecular complexity index is 417. The predicted molar refractivity (Wildman–Crippen MR) is 83.1 cm³/mol. The number of hydrogen-bond donors (Lipinski definition) is 1. The molecule has 0 amide bonds. The molecular weight excluding hydrogens is 279 g/mol. The molecular formula is C15H22Cl2N2. The summed E-state index contributed by atoms with van der Waals surface area (Å²) in [5.41, 5.74) is 1.13. The third-order valence-corrected chi connectivity index (χ3v) is 4.59. The molecule has 4 heteroatoms. The lowest BCUT2D eigenvalue weighted by molar-refractivity contribution is 0.128. The molecule has 2 atom stereocenters. The number of likely N-dealkylation sites (N-methyl/N-ethyl adjacent to an activating group) is 1. The Morgan fingerprint density at radius 3 is 2.84 bits per heavy atom. The fourth-order valence-corrected chi connectivity index (χ4v) is 3.43. The SMILES string of the molecule is CCN(C1CCCNC1)C(C)c1cc(Cl)ccc1Cl. The molecule has 0 aromatic heterocycles. The van der Waals surface area contributed by atoms with Crippen LogP contribution in [0.2, 0.25) is 10.0 Å². The Morgan fingerprint density at radius 1 is 1.42 bits per heavy atom. The van der Waals surface area contributed by atoms with Crippen molar-refractivity contribution in [3.05, 3.63) is 33.8 Å². The minimum absolute atomic E-state index is 0.293. The van der Waals surface area contributed by atoms with Crippen LogP contribution in [0.5, 0.6) is 0 Å². The largest absolute Gasteiger partial charge is 0.315 e. The molecule has 1 aliphatic rings. The van der Waals surface area contributed by atoms with Gasteiger partial charge in [-0.15, -0.1) is 0 Å². The van der Waals surface area contributed by atoms with Crippen molar-refractivity contribution in [3.8, 4) is 0 Å². The van der Waals surface area contributed by atoms with Gasteiger partial charge in [-0.05, 0) is 56.6 Å². The number of benzene rings is 1. The third-order valence-electron chi connectivity index (χ3n) is 4.01. The zero-order valence-corrected chi connectivity index (χ0v) is 13.1. The van der Waals surface area contributed by atoms with E-state index in [1.807, 2.05) is 18.2 Å². The molecule has 0 spiro atoms. The van der Waals surface area contributed by atoms with E-state index in [1.54, 1.807) is 0 Å². The second kappa shape index (κ2) is 6.94. The number of hydrogen-bond acceptors (Lipinski definition) is 2. The van der Waals surface area contributed by atoms with E-state index >= 15 is 0 Å². The monoisotopic (exact) mass is 300 g/mol. The van der Waals surface area contributed by atoms with Crippen LogP contribution in [0.3, 0.4) is 0 Å². The number of nitrogens with one attached hydrogen (secondary N) is 1. The van der Waals surface area contributed by atoms with E-state index in [0.717, 1.165) is 35.2 Å². The molecule has 2 unspecified atom stereocenters. The van der Waals surface area contributed by atoms with E-state index < -0.39 is 0 Å². The summed E-state index contributed by atoms with van der Waals surface area (Å²) in [6.45, 7) is 7.66. The summed E-state index contributed by atoms with van der Waals surface area (Å²) in [7, 11) is 0. The first kappa shape index (κ1) is 15.1. The van der Waals surface area contributed by atoms with Crippen LogP contribution in [0.15, 0.2) is 18.2 Å². The van der Waals surface area contributed by atoms with E-state index in [0.29, 0.717) is 12.1 Å². The van der Waals surface area contributed by atoms with Crippen molar-refractivity contribution in [3.63, 3.8) is 0 Å². The van der Waals surface area contributed by atoms with Gasteiger partial charge in [-0.25, -0.2) is 0 Å². The molecule has 0 bridgehead atoms. The lowest BCUT2D eigenvalue weighted by atomic mass is 10.0. The van der Waals surface area contributed by atoms with Gasteiger partial charge in [0.2, 0.25) is 0 Å². The van der Waals surface area contributed by atoms with E-state index in [-0.39, 0.29) is 0 Å². The molecule has 0 aliphatic carbocycles. The molecule has 1 N–H and O–H groups in total. The average molecular weight is 301 g/mol. The number of rotatable bonds is 4.